The zero-order valence-electron chi connectivity index (χ0n) is 11.4. The van der Waals surface area contributed by atoms with Crippen molar-refractivity contribution in [2.45, 2.75) is 18.4 Å². The normalized spacial score (nSPS) is 10.8. The molecule has 0 aliphatic heterocycles. The minimum Gasteiger partial charge on any atom is -0.395 e. The quantitative estimate of drug-likeness (QED) is 0.741. The highest BCUT2D eigenvalue weighted by molar-refractivity contribution is 7.92. The van der Waals surface area contributed by atoms with Crippen LogP contribution in [0.4, 0.5) is 5.69 Å². The maximum absolute atomic E-state index is 12.1. The minimum atomic E-state index is -3.66. The van der Waals surface area contributed by atoms with Crippen LogP contribution in [0.1, 0.15) is 17.5 Å². The number of H-pyrrole nitrogens is 1. The van der Waals surface area contributed by atoms with E-state index in [1.807, 2.05) is 0 Å². The van der Waals surface area contributed by atoms with E-state index in [0.717, 1.165) is 11.1 Å². The molecule has 0 aliphatic carbocycles. The summed E-state index contributed by atoms with van der Waals surface area (Å²) in [6, 6.07) is 6.55. The molecule has 1 heterocycles. The lowest BCUT2D eigenvalue weighted by Crippen LogP contribution is -2.14. The van der Waals surface area contributed by atoms with Crippen LogP contribution in [0.5, 0.6) is 0 Å². The van der Waals surface area contributed by atoms with Crippen molar-refractivity contribution in [3.63, 3.8) is 0 Å². The van der Waals surface area contributed by atoms with Crippen LogP contribution < -0.4 is 4.72 Å². The van der Waals surface area contributed by atoms with Crippen molar-refractivity contribution in [3.8, 4) is 11.8 Å². The Morgan fingerprint density at radius 2 is 2.19 bits per heavy atom. The Balaban J connectivity index is 2.21. The summed E-state index contributed by atoms with van der Waals surface area (Å²) in [6.45, 7) is 1.82. The minimum absolute atomic E-state index is 0.00807. The average Bonchev–Trinajstić information content (AvgIpc) is 2.97. The third-order valence-electron chi connectivity index (χ3n) is 2.70. The molecular weight excluding hydrogens is 290 g/mol. The standard InChI is InChI=1S/C14H15N3O3S/c1-11-10-12(4-2-3-9-18)5-6-13(11)17-21(19,20)14-7-8-15-16-14/h5-8,10,17-18H,3,9H2,1H3,(H,15,16). The van der Waals surface area contributed by atoms with Gasteiger partial charge in [-0.15, -0.1) is 0 Å². The van der Waals surface area contributed by atoms with E-state index in [9.17, 15) is 8.42 Å². The van der Waals surface area contributed by atoms with Gasteiger partial charge < -0.3 is 5.11 Å². The average molecular weight is 305 g/mol. The van der Waals surface area contributed by atoms with Crippen molar-refractivity contribution >= 4 is 15.7 Å². The van der Waals surface area contributed by atoms with Crippen molar-refractivity contribution < 1.29 is 13.5 Å². The van der Waals surface area contributed by atoms with Crippen LogP contribution in [0, 0.1) is 18.8 Å². The molecule has 2 aromatic rings. The monoisotopic (exact) mass is 305 g/mol. The van der Waals surface area contributed by atoms with Crippen molar-refractivity contribution in [2.75, 3.05) is 11.3 Å². The first-order valence-electron chi connectivity index (χ1n) is 6.25. The lowest BCUT2D eigenvalue weighted by molar-refractivity contribution is 0.305. The highest BCUT2D eigenvalue weighted by Crippen LogP contribution is 2.19. The molecule has 3 N–H and O–H groups in total. The maximum Gasteiger partial charge on any atom is 0.278 e. The molecule has 0 aliphatic rings. The van der Waals surface area contributed by atoms with E-state index in [2.05, 4.69) is 26.8 Å². The molecule has 0 saturated heterocycles. The Bertz CT molecular complexity index is 772. The van der Waals surface area contributed by atoms with Gasteiger partial charge in [0.05, 0.1) is 18.5 Å². The Morgan fingerprint density at radius 1 is 1.38 bits per heavy atom. The summed E-state index contributed by atoms with van der Waals surface area (Å²) >= 11 is 0. The van der Waals surface area contributed by atoms with Gasteiger partial charge in [-0.1, -0.05) is 11.8 Å². The molecule has 7 heteroatoms. The molecule has 0 atom stereocenters. The highest BCUT2D eigenvalue weighted by atomic mass is 32.2. The van der Waals surface area contributed by atoms with Gasteiger partial charge in [-0.05, 0) is 36.8 Å². The fourth-order valence-corrected chi connectivity index (χ4v) is 2.71. The van der Waals surface area contributed by atoms with Gasteiger partial charge in [-0.25, -0.2) is 0 Å². The van der Waals surface area contributed by atoms with Crippen LogP contribution in [0.25, 0.3) is 0 Å². The maximum atomic E-state index is 12.1. The summed E-state index contributed by atoms with van der Waals surface area (Å²) in [7, 11) is -3.66. The predicted molar refractivity (Wildman–Crippen MR) is 79.2 cm³/mol. The smallest absolute Gasteiger partial charge is 0.278 e. The molecule has 0 spiro atoms. The Hall–Kier alpha value is -2.30. The van der Waals surface area contributed by atoms with Gasteiger partial charge in [-0.2, -0.15) is 13.5 Å². The number of sulfonamides is 1. The van der Waals surface area contributed by atoms with Gasteiger partial charge >= 0.3 is 0 Å². The van der Waals surface area contributed by atoms with Gasteiger partial charge in [-0.3, -0.25) is 9.82 Å². The summed E-state index contributed by atoms with van der Waals surface area (Å²) in [4.78, 5) is 0. The first kappa shape index (κ1) is 15.1. The zero-order valence-corrected chi connectivity index (χ0v) is 12.2. The number of aliphatic hydroxyl groups excluding tert-OH is 1. The number of aliphatic hydroxyl groups is 1. The van der Waals surface area contributed by atoms with Crippen LogP contribution in [0.2, 0.25) is 0 Å². The number of hydrogen-bond acceptors (Lipinski definition) is 4. The van der Waals surface area contributed by atoms with E-state index in [0.29, 0.717) is 12.1 Å². The predicted octanol–water partition coefficient (Wildman–Crippen LogP) is 1.25. The van der Waals surface area contributed by atoms with Gasteiger partial charge in [0.2, 0.25) is 0 Å². The molecule has 0 saturated carbocycles. The first-order chi connectivity index (χ1) is 10.0. The van der Waals surface area contributed by atoms with Crippen molar-refractivity contribution in [1.29, 1.82) is 0 Å². The topological polar surface area (TPSA) is 95.1 Å². The summed E-state index contributed by atoms with van der Waals surface area (Å²) in [5.41, 5.74) is 2.01. The molecule has 0 amide bonds. The lowest BCUT2D eigenvalue weighted by Gasteiger charge is -2.09. The van der Waals surface area contributed by atoms with E-state index in [1.54, 1.807) is 25.1 Å². The number of anilines is 1. The van der Waals surface area contributed by atoms with E-state index in [-0.39, 0.29) is 11.6 Å². The molecule has 0 fully saturated rings. The number of rotatable bonds is 4. The van der Waals surface area contributed by atoms with E-state index >= 15 is 0 Å². The molecule has 0 bridgehead atoms. The first-order valence-corrected chi connectivity index (χ1v) is 7.74. The van der Waals surface area contributed by atoms with Gasteiger partial charge in [0.1, 0.15) is 0 Å². The number of aryl methyl sites for hydroxylation is 1. The zero-order chi connectivity index (χ0) is 15.3. The second-order valence-electron chi connectivity index (χ2n) is 4.33. The summed E-state index contributed by atoms with van der Waals surface area (Å²) < 4.78 is 26.6. The number of hydrogen-bond donors (Lipinski definition) is 3. The van der Waals surface area contributed by atoms with Crippen LogP contribution in [0.15, 0.2) is 35.5 Å². The van der Waals surface area contributed by atoms with E-state index in [1.165, 1.54) is 12.3 Å². The van der Waals surface area contributed by atoms with Gasteiger partial charge in [0.25, 0.3) is 10.0 Å². The van der Waals surface area contributed by atoms with Crippen molar-refractivity contribution in [2.24, 2.45) is 0 Å². The summed E-state index contributed by atoms with van der Waals surface area (Å²) in [5, 5.41) is 14.7. The molecule has 2 rings (SSSR count). The van der Waals surface area contributed by atoms with Crippen LogP contribution in [-0.4, -0.2) is 30.3 Å². The van der Waals surface area contributed by atoms with E-state index in [4.69, 9.17) is 5.11 Å². The molecule has 21 heavy (non-hydrogen) atoms. The Morgan fingerprint density at radius 3 is 2.81 bits per heavy atom. The molecule has 1 aromatic carbocycles. The molecule has 0 radical (unpaired) electrons. The summed E-state index contributed by atoms with van der Waals surface area (Å²) in [6.07, 6.45) is 1.79. The third-order valence-corrected chi connectivity index (χ3v) is 4.00. The molecule has 6 nitrogen and oxygen atoms in total. The van der Waals surface area contributed by atoms with Crippen LogP contribution in [-0.2, 0) is 10.0 Å². The largest absolute Gasteiger partial charge is 0.395 e. The Labute approximate surface area is 123 Å². The third kappa shape index (κ3) is 3.84. The number of nitrogens with zero attached hydrogens (tertiary/aromatic N) is 1. The van der Waals surface area contributed by atoms with Gasteiger partial charge in [0, 0.05) is 12.0 Å². The molecule has 0 unspecified atom stereocenters. The number of benzene rings is 1. The molecular formula is C14H15N3O3S. The van der Waals surface area contributed by atoms with Crippen molar-refractivity contribution in [3.05, 3.63) is 41.6 Å². The van der Waals surface area contributed by atoms with Crippen LogP contribution in [0.3, 0.4) is 0 Å². The van der Waals surface area contributed by atoms with Crippen molar-refractivity contribution in [1.82, 2.24) is 10.2 Å². The van der Waals surface area contributed by atoms with E-state index < -0.39 is 10.0 Å². The Kier molecular flexibility index (Phi) is 4.62. The number of aromatic amines is 1. The SMILES string of the molecule is Cc1cc(C#CCCO)ccc1NS(=O)(=O)c1ccn[nH]1. The summed E-state index contributed by atoms with van der Waals surface area (Å²) in [5.74, 6) is 5.72. The van der Waals surface area contributed by atoms with Gasteiger partial charge in [0.15, 0.2) is 5.03 Å². The lowest BCUT2D eigenvalue weighted by atomic mass is 10.1. The highest BCUT2D eigenvalue weighted by Gasteiger charge is 2.16. The fourth-order valence-electron chi connectivity index (χ4n) is 1.67. The number of aromatic nitrogens is 2. The van der Waals surface area contributed by atoms with Crippen LogP contribution >= 0.6 is 0 Å². The molecule has 1 aromatic heterocycles. The fraction of sp³-hybridized carbons (Fsp3) is 0.214. The second kappa shape index (κ2) is 6.43. The molecule has 110 valence electrons. The number of nitrogens with one attached hydrogen (secondary N) is 2. The second-order valence-corrected chi connectivity index (χ2v) is 5.98.